The van der Waals surface area contributed by atoms with Crippen molar-refractivity contribution in [2.24, 2.45) is 0 Å². The van der Waals surface area contributed by atoms with Crippen molar-refractivity contribution in [1.29, 1.82) is 0 Å². The molecule has 0 spiro atoms. The van der Waals surface area contributed by atoms with Gasteiger partial charge in [-0.1, -0.05) is 98.3 Å². The van der Waals surface area contributed by atoms with Crippen LogP contribution in [0.1, 0.15) is 25.5 Å². The molecule has 0 aliphatic rings. The van der Waals surface area contributed by atoms with Crippen molar-refractivity contribution in [3.8, 4) is 22.4 Å². The van der Waals surface area contributed by atoms with Crippen molar-refractivity contribution in [2.45, 2.75) is 26.2 Å². The molecule has 0 N–H and O–H groups in total. The molecule has 0 radical (unpaired) electrons. The second-order valence-corrected chi connectivity index (χ2v) is 6.66. The Morgan fingerprint density at radius 3 is 1.88 bits per heavy atom. The summed E-state index contributed by atoms with van der Waals surface area (Å²) in [6.07, 6.45) is 3.36. The molecule has 0 amide bonds. The number of hydrogen-bond donors (Lipinski definition) is 0. The summed E-state index contributed by atoms with van der Waals surface area (Å²) in [5.41, 5.74) is 5.92. The molecule has 0 bridgehead atoms. The van der Waals surface area contributed by atoms with Crippen molar-refractivity contribution in [2.75, 3.05) is 0 Å². The number of fused-ring (bicyclic) bond motifs is 1. The van der Waals surface area contributed by atoms with Gasteiger partial charge in [0, 0.05) is 22.2 Å². The highest BCUT2D eigenvalue weighted by Crippen LogP contribution is 2.38. The molecule has 0 saturated carbocycles. The first-order valence-corrected chi connectivity index (χ1v) is 9.41. The maximum Gasteiger partial charge on any atom is 0.0790 e. The van der Waals surface area contributed by atoms with Crippen LogP contribution >= 0.6 is 0 Å². The first kappa shape index (κ1) is 16.5. The fourth-order valence-corrected chi connectivity index (χ4v) is 3.57. The number of hydrogen-bond acceptors (Lipinski definition) is 1. The van der Waals surface area contributed by atoms with E-state index < -0.39 is 0 Å². The normalized spacial score (nSPS) is 11.0. The quantitative estimate of drug-likeness (QED) is 0.385. The van der Waals surface area contributed by atoms with Crippen LogP contribution in [0.25, 0.3) is 33.2 Å². The third-order valence-corrected chi connectivity index (χ3v) is 4.87. The van der Waals surface area contributed by atoms with E-state index in [0.29, 0.717) is 0 Å². The van der Waals surface area contributed by atoms with E-state index in [-0.39, 0.29) is 0 Å². The molecule has 1 heteroatoms. The lowest BCUT2D eigenvalue weighted by Crippen LogP contribution is -1.99. The second kappa shape index (κ2) is 7.53. The van der Waals surface area contributed by atoms with Gasteiger partial charge in [-0.05, 0) is 23.8 Å². The summed E-state index contributed by atoms with van der Waals surface area (Å²) in [4.78, 5) is 5.18. The lowest BCUT2D eigenvalue weighted by Gasteiger charge is -2.16. The summed E-state index contributed by atoms with van der Waals surface area (Å²) in [6.45, 7) is 2.23. The van der Waals surface area contributed by atoms with Crippen molar-refractivity contribution >= 4 is 10.8 Å². The Balaban J connectivity index is 2.06. The molecule has 4 aromatic rings. The summed E-state index contributed by atoms with van der Waals surface area (Å²) >= 11 is 0. The zero-order valence-electron chi connectivity index (χ0n) is 15.2. The molecule has 0 aliphatic heterocycles. The molecular formula is C25H23N. The van der Waals surface area contributed by atoms with Gasteiger partial charge in [-0.15, -0.1) is 0 Å². The van der Waals surface area contributed by atoms with Gasteiger partial charge in [0.25, 0.3) is 0 Å². The van der Waals surface area contributed by atoms with E-state index in [2.05, 4.69) is 91.9 Å². The highest BCUT2D eigenvalue weighted by Gasteiger charge is 2.16. The van der Waals surface area contributed by atoms with Crippen molar-refractivity contribution < 1.29 is 0 Å². The molecule has 0 saturated heterocycles. The minimum absolute atomic E-state index is 1.02. The molecule has 3 aromatic carbocycles. The van der Waals surface area contributed by atoms with Gasteiger partial charge < -0.3 is 0 Å². The third kappa shape index (κ3) is 3.13. The number of benzene rings is 3. The fraction of sp³-hybridized carbons (Fsp3) is 0.160. The van der Waals surface area contributed by atoms with Crippen LogP contribution in [-0.2, 0) is 6.42 Å². The molecule has 1 heterocycles. The lowest BCUT2D eigenvalue weighted by molar-refractivity contribution is 0.783. The number of nitrogens with zero attached hydrogens (tertiary/aromatic N) is 1. The minimum atomic E-state index is 1.02. The monoisotopic (exact) mass is 337 g/mol. The third-order valence-electron chi connectivity index (χ3n) is 4.87. The van der Waals surface area contributed by atoms with Crippen LogP contribution in [0.2, 0.25) is 0 Å². The molecule has 26 heavy (non-hydrogen) atoms. The van der Waals surface area contributed by atoms with Gasteiger partial charge in [0.2, 0.25) is 0 Å². The standard InChI is InChI=1S/C25H23N/c1-2-3-18-23-21-16-10-11-17-22(21)24(19-12-6-4-7-13-19)25(26-23)20-14-8-5-9-15-20/h4-17H,2-3,18H2,1H3. The molecule has 0 fully saturated rings. The van der Waals surface area contributed by atoms with Gasteiger partial charge in [0.15, 0.2) is 0 Å². The van der Waals surface area contributed by atoms with E-state index in [1.54, 1.807) is 0 Å². The predicted octanol–water partition coefficient (Wildman–Crippen LogP) is 6.91. The van der Waals surface area contributed by atoms with E-state index in [1.165, 1.54) is 39.6 Å². The van der Waals surface area contributed by atoms with Crippen LogP contribution in [-0.4, -0.2) is 4.98 Å². The number of aromatic nitrogens is 1. The van der Waals surface area contributed by atoms with Gasteiger partial charge in [-0.3, -0.25) is 4.98 Å². The Kier molecular flexibility index (Phi) is 4.79. The van der Waals surface area contributed by atoms with Crippen LogP contribution < -0.4 is 0 Å². The van der Waals surface area contributed by atoms with E-state index in [0.717, 1.165) is 18.5 Å². The number of aryl methyl sites for hydroxylation is 1. The predicted molar refractivity (Wildman–Crippen MR) is 111 cm³/mol. The van der Waals surface area contributed by atoms with E-state index in [9.17, 15) is 0 Å². The lowest BCUT2D eigenvalue weighted by atomic mass is 9.92. The van der Waals surface area contributed by atoms with Crippen LogP contribution in [0.15, 0.2) is 84.9 Å². The van der Waals surface area contributed by atoms with Gasteiger partial charge in [-0.25, -0.2) is 0 Å². The van der Waals surface area contributed by atoms with Gasteiger partial charge >= 0.3 is 0 Å². The van der Waals surface area contributed by atoms with E-state index in [1.807, 2.05) is 0 Å². The molecule has 1 nitrogen and oxygen atoms in total. The summed E-state index contributed by atoms with van der Waals surface area (Å²) in [5.74, 6) is 0. The Morgan fingerprint density at radius 2 is 1.23 bits per heavy atom. The van der Waals surface area contributed by atoms with Crippen molar-refractivity contribution in [3.05, 3.63) is 90.6 Å². The molecule has 0 unspecified atom stereocenters. The maximum atomic E-state index is 5.18. The van der Waals surface area contributed by atoms with Crippen LogP contribution in [0.5, 0.6) is 0 Å². The Bertz CT molecular complexity index is 1000. The topological polar surface area (TPSA) is 12.9 Å². The Labute approximate surface area is 155 Å². The van der Waals surface area contributed by atoms with Crippen molar-refractivity contribution in [3.63, 3.8) is 0 Å². The first-order chi connectivity index (χ1) is 12.9. The Hall–Kier alpha value is -2.93. The van der Waals surface area contributed by atoms with Gasteiger partial charge in [0.05, 0.1) is 5.69 Å². The fourth-order valence-electron chi connectivity index (χ4n) is 3.57. The van der Waals surface area contributed by atoms with Gasteiger partial charge in [-0.2, -0.15) is 0 Å². The highest BCUT2D eigenvalue weighted by atomic mass is 14.7. The molecule has 4 rings (SSSR count). The average molecular weight is 337 g/mol. The number of pyridine rings is 1. The summed E-state index contributed by atoms with van der Waals surface area (Å²) in [6, 6.07) is 29.9. The van der Waals surface area contributed by atoms with Crippen LogP contribution in [0, 0.1) is 0 Å². The first-order valence-electron chi connectivity index (χ1n) is 9.41. The molecule has 1 aromatic heterocycles. The minimum Gasteiger partial charge on any atom is -0.252 e. The Morgan fingerprint density at radius 1 is 0.654 bits per heavy atom. The summed E-state index contributed by atoms with van der Waals surface area (Å²) in [7, 11) is 0. The molecule has 0 atom stereocenters. The zero-order valence-corrected chi connectivity index (χ0v) is 15.2. The SMILES string of the molecule is CCCCc1nc(-c2ccccc2)c(-c2ccccc2)c2ccccc12. The van der Waals surface area contributed by atoms with Gasteiger partial charge in [0.1, 0.15) is 0 Å². The second-order valence-electron chi connectivity index (χ2n) is 6.66. The smallest absolute Gasteiger partial charge is 0.0790 e. The summed E-state index contributed by atoms with van der Waals surface area (Å²) < 4.78 is 0. The number of rotatable bonds is 5. The highest BCUT2D eigenvalue weighted by molar-refractivity contribution is 6.03. The number of unbranched alkanes of at least 4 members (excludes halogenated alkanes) is 1. The summed E-state index contributed by atoms with van der Waals surface area (Å²) in [5, 5.41) is 2.57. The van der Waals surface area contributed by atoms with Crippen LogP contribution in [0.3, 0.4) is 0 Å². The maximum absolute atomic E-state index is 5.18. The van der Waals surface area contributed by atoms with E-state index in [4.69, 9.17) is 4.98 Å². The average Bonchev–Trinajstić information content (AvgIpc) is 2.73. The molecule has 128 valence electrons. The largest absolute Gasteiger partial charge is 0.252 e. The zero-order chi connectivity index (χ0) is 17.8. The van der Waals surface area contributed by atoms with Crippen LogP contribution in [0.4, 0.5) is 0 Å². The molecular weight excluding hydrogens is 314 g/mol. The molecule has 0 aliphatic carbocycles. The van der Waals surface area contributed by atoms with E-state index >= 15 is 0 Å². The van der Waals surface area contributed by atoms with Crippen molar-refractivity contribution in [1.82, 2.24) is 4.98 Å².